The quantitative estimate of drug-likeness (QED) is 0.878. The smallest absolute Gasteiger partial charge is 0.257 e. The van der Waals surface area contributed by atoms with Crippen molar-refractivity contribution in [2.24, 2.45) is 0 Å². The van der Waals surface area contributed by atoms with E-state index in [0.717, 1.165) is 18.8 Å². The number of carbonyl (C=O) groups excluding carboxylic acids is 1. The summed E-state index contributed by atoms with van der Waals surface area (Å²) in [5, 5.41) is 3.68. The molecule has 0 saturated carbocycles. The molecule has 1 amide bonds. The molecule has 1 aliphatic heterocycles. The van der Waals surface area contributed by atoms with E-state index < -0.39 is 0 Å². The Morgan fingerprint density at radius 2 is 1.83 bits per heavy atom. The van der Waals surface area contributed by atoms with Crippen molar-refractivity contribution in [3.63, 3.8) is 0 Å². The van der Waals surface area contributed by atoms with Crippen molar-refractivity contribution < 1.29 is 4.79 Å². The SMILES string of the molecule is O=C(Nc1ccc(Cl)c(Cl)c1)c1cncc(N2CCCCC2)c1. The molecule has 23 heavy (non-hydrogen) atoms. The van der Waals surface area contributed by atoms with Crippen molar-refractivity contribution >= 4 is 40.5 Å². The van der Waals surface area contributed by atoms with E-state index in [1.807, 2.05) is 6.07 Å². The molecule has 1 aliphatic rings. The van der Waals surface area contributed by atoms with E-state index in [2.05, 4.69) is 15.2 Å². The highest BCUT2D eigenvalue weighted by molar-refractivity contribution is 6.42. The van der Waals surface area contributed by atoms with Crippen LogP contribution in [0.3, 0.4) is 0 Å². The Kier molecular flexibility index (Phi) is 5.03. The first kappa shape index (κ1) is 16.1. The Labute approximate surface area is 145 Å². The Balaban J connectivity index is 1.75. The van der Waals surface area contributed by atoms with Crippen molar-refractivity contribution in [1.29, 1.82) is 0 Å². The normalized spacial score (nSPS) is 14.6. The van der Waals surface area contributed by atoms with Crippen molar-refractivity contribution in [1.82, 2.24) is 4.98 Å². The zero-order valence-electron chi connectivity index (χ0n) is 12.6. The predicted molar refractivity (Wildman–Crippen MR) is 94.7 cm³/mol. The van der Waals surface area contributed by atoms with E-state index in [4.69, 9.17) is 23.2 Å². The van der Waals surface area contributed by atoms with E-state index in [-0.39, 0.29) is 5.91 Å². The first-order chi connectivity index (χ1) is 11.1. The van der Waals surface area contributed by atoms with Gasteiger partial charge in [-0.2, -0.15) is 0 Å². The summed E-state index contributed by atoms with van der Waals surface area (Å²) in [7, 11) is 0. The van der Waals surface area contributed by atoms with Crippen LogP contribution in [-0.4, -0.2) is 24.0 Å². The number of anilines is 2. The lowest BCUT2D eigenvalue weighted by atomic mass is 10.1. The van der Waals surface area contributed by atoms with Crippen molar-refractivity contribution in [3.8, 4) is 0 Å². The molecule has 120 valence electrons. The topological polar surface area (TPSA) is 45.2 Å². The third kappa shape index (κ3) is 3.95. The summed E-state index contributed by atoms with van der Waals surface area (Å²) in [6, 6.07) is 6.88. The van der Waals surface area contributed by atoms with Crippen LogP contribution in [0.25, 0.3) is 0 Å². The van der Waals surface area contributed by atoms with E-state index >= 15 is 0 Å². The highest BCUT2D eigenvalue weighted by atomic mass is 35.5. The van der Waals surface area contributed by atoms with E-state index in [0.29, 0.717) is 21.3 Å². The predicted octanol–water partition coefficient (Wildman–Crippen LogP) is 4.63. The highest BCUT2D eigenvalue weighted by Gasteiger charge is 2.14. The number of aromatic nitrogens is 1. The number of nitrogens with zero attached hydrogens (tertiary/aromatic N) is 2. The van der Waals surface area contributed by atoms with Gasteiger partial charge in [0.25, 0.3) is 5.91 Å². The van der Waals surface area contributed by atoms with Gasteiger partial charge >= 0.3 is 0 Å². The number of carbonyl (C=O) groups is 1. The summed E-state index contributed by atoms with van der Waals surface area (Å²) in [6.45, 7) is 2.03. The van der Waals surface area contributed by atoms with Gasteiger partial charge < -0.3 is 10.2 Å². The number of amides is 1. The fraction of sp³-hybridized carbons (Fsp3) is 0.294. The lowest BCUT2D eigenvalue weighted by molar-refractivity contribution is 0.102. The minimum Gasteiger partial charge on any atom is -0.370 e. The highest BCUT2D eigenvalue weighted by Crippen LogP contribution is 2.25. The van der Waals surface area contributed by atoms with Gasteiger partial charge in [0.15, 0.2) is 0 Å². The molecule has 2 aromatic rings. The fourth-order valence-electron chi connectivity index (χ4n) is 2.65. The first-order valence-electron chi connectivity index (χ1n) is 7.60. The zero-order chi connectivity index (χ0) is 16.2. The molecule has 0 bridgehead atoms. The van der Waals surface area contributed by atoms with Gasteiger partial charge in [0.2, 0.25) is 0 Å². The van der Waals surface area contributed by atoms with Crippen LogP contribution in [0.1, 0.15) is 29.6 Å². The van der Waals surface area contributed by atoms with Gasteiger partial charge in [0, 0.05) is 25.0 Å². The van der Waals surface area contributed by atoms with Crippen LogP contribution < -0.4 is 10.2 Å². The second-order valence-corrected chi connectivity index (χ2v) is 6.38. The van der Waals surface area contributed by atoms with E-state index in [9.17, 15) is 4.79 Å². The van der Waals surface area contributed by atoms with Crippen LogP contribution in [0.4, 0.5) is 11.4 Å². The molecule has 4 nitrogen and oxygen atoms in total. The van der Waals surface area contributed by atoms with Gasteiger partial charge in [-0.3, -0.25) is 9.78 Å². The van der Waals surface area contributed by atoms with Gasteiger partial charge in [0.05, 0.1) is 27.5 Å². The first-order valence-corrected chi connectivity index (χ1v) is 8.35. The average molecular weight is 350 g/mol. The molecule has 2 heterocycles. The van der Waals surface area contributed by atoms with Gasteiger partial charge in [-0.1, -0.05) is 23.2 Å². The number of hydrogen-bond donors (Lipinski definition) is 1. The number of hydrogen-bond acceptors (Lipinski definition) is 3. The zero-order valence-corrected chi connectivity index (χ0v) is 14.1. The molecule has 0 radical (unpaired) electrons. The lowest BCUT2D eigenvalue weighted by Crippen LogP contribution is -2.29. The monoisotopic (exact) mass is 349 g/mol. The number of pyridine rings is 1. The second-order valence-electron chi connectivity index (χ2n) is 5.56. The minimum atomic E-state index is -0.213. The van der Waals surface area contributed by atoms with E-state index in [1.54, 1.807) is 30.6 Å². The molecule has 0 spiro atoms. The van der Waals surface area contributed by atoms with Crippen LogP contribution in [0.2, 0.25) is 10.0 Å². The van der Waals surface area contributed by atoms with Crippen LogP contribution in [0, 0.1) is 0 Å². The molecule has 0 unspecified atom stereocenters. The van der Waals surface area contributed by atoms with Gasteiger partial charge in [-0.25, -0.2) is 0 Å². The second kappa shape index (κ2) is 7.20. The maximum atomic E-state index is 12.4. The molecule has 1 aromatic carbocycles. The van der Waals surface area contributed by atoms with Gasteiger partial charge in [0.1, 0.15) is 0 Å². The van der Waals surface area contributed by atoms with Crippen molar-refractivity contribution in [2.45, 2.75) is 19.3 Å². The Morgan fingerprint density at radius 3 is 2.57 bits per heavy atom. The maximum absolute atomic E-state index is 12.4. The molecule has 1 N–H and O–H groups in total. The third-order valence-corrected chi connectivity index (χ3v) is 4.62. The van der Waals surface area contributed by atoms with Crippen molar-refractivity contribution in [2.75, 3.05) is 23.3 Å². The molecule has 0 atom stereocenters. The minimum absolute atomic E-state index is 0.213. The average Bonchev–Trinajstić information content (AvgIpc) is 2.59. The Morgan fingerprint density at radius 1 is 1.04 bits per heavy atom. The summed E-state index contributed by atoms with van der Waals surface area (Å²) in [6.07, 6.45) is 7.00. The van der Waals surface area contributed by atoms with Crippen LogP contribution >= 0.6 is 23.2 Å². The van der Waals surface area contributed by atoms with Crippen LogP contribution in [0.5, 0.6) is 0 Å². The molecule has 3 rings (SSSR count). The molecule has 6 heteroatoms. The van der Waals surface area contributed by atoms with Crippen LogP contribution in [-0.2, 0) is 0 Å². The standard InChI is InChI=1S/C17H17Cl2N3O/c18-15-5-4-13(9-16(15)19)21-17(23)12-8-14(11-20-10-12)22-6-2-1-3-7-22/h4-5,8-11H,1-3,6-7H2,(H,21,23). The molecular formula is C17H17Cl2N3O. The molecule has 1 fully saturated rings. The van der Waals surface area contributed by atoms with Crippen molar-refractivity contribution in [3.05, 3.63) is 52.3 Å². The number of benzene rings is 1. The fourth-order valence-corrected chi connectivity index (χ4v) is 2.95. The Hall–Kier alpha value is -1.78. The third-order valence-electron chi connectivity index (χ3n) is 3.88. The number of nitrogens with one attached hydrogen (secondary N) is 1. The van der Waals surface area contributed by atoms with Crippen LogP contribution in [0.15, 0.2) is 36.7 Å². The van der Waals surface area contributed by atoms with Gasteiger partial charge in [-0.05, 0) is 43.5 Å². The summed E-state index contributed by atoms with van der Waals surface area (Å²) in [5.74, 6) is -0.213. The maximum Gasteiger partial charge on any atom is 0.257 e. The summed E-state index contributed by atoms with van der Waals surface area (Å²) >= 11 is 11.8. The Bertz CT molecular complexity index is 715. The largest absolute Gasteiger partial charge is 0.370 e. The summed E-state index contributed by atoms with van der Waals surface area (Å²) < 4.78 is 0. The summed E-state index contributed by atoms with van der Waals surface area (Å²) in [5.41, 5.74) is 2.12. The van der Waals surface area contributed by atoms with E-state index in [1.165, 1.54) is 19.3 Å². The van der Waals surface area contributed by atoms with Gasteiger partial charge in [-0.15, -0.1) is 0 Å². The summed E-state index contributed by atoms with van der Waals surface area (Å²) in [4.78, 5) is 18.9. The number of halogens is 2. The number of rotatable bonds is 3. The molecular weight excluding hydrogens is 333 g/mol. The lowest BCUT2D eigenvalue weighted by Gasteiger charge is -2.28. The molecule has 1 saturated heterocycles. The molecule has 0 aliphatic carbocycles. The molecule has 1 aromatic heterocycles. The number of piperidine rings is 1.